The Kier molecular flexibility index (Phi) is 17.5. The van der Waals surface area contributed by atoms with Gasteiger partial charge in [-0.05, 0) is 79.6 Å². The lowest BCUT2D eigenvalue weighted by molar-refractivity contribution is 0.277. The monoisotopic (exact) mass is 779 g/mol. The van der Waals surface area contributed by atoms with Gasteiger partial charge in [0.1, 0.15) is 0 Å². The van der Waals surface area contributed by atoms with Crippen LogP contribution in [0, 0.1) is 28.6 Å². The minimum Gasteiger partial charge on any atom is -0.382 e. The molecular formula is C51H82N6. The van der Waals surface area contributed by atoms with Crippen molar-refractivity contribution in [2.45, 2.75) is 105 Å². The minimum atomic E-state index is 0.00593. The van der Waals surface area contributed by atoms with Crippen molar-refractivity contribution in [3.05, 3.63) is 134 Å². The number of nitrogens with zero attached hydrogens (tertiary/aromatic N) is 4. The first-order chi connectivity index (χ1) is 26.6. The fraction of sp³-hybridized carbons (Fsp3) is 0.569. The van der Waals surface area contributed by atoms with Crippen molar-refractivity contribution in [2.75, 3.05) is 53.9 Å². The number of allylic oxidation sites excluding steroid dienone is 4. The van der Waals surface area contributed by atoms with Crippen molar-refractivity contribution in [2.24, 2.45) is 28.6 Å². The third-order valence-corrected chi connectivity index (χ3v) is 12.6. The Bertz CT molecular complexity index is 1580. The molecule has 2 fully saturated rings. The van der Waals surface area contributed by atoms with E-state index >= 15 is 0 Å². The van der Waals surface area contributed by atoms with E-state index in [0.29, 0.717) is 31.5 Å². The van der Waals surface area contributed by atoms with Gasteiger partial charge in [-0.2, -0.15) is 0 Å². The second-order valence-corrected chi connectivity index (χ2v) is 19.3. The van der Waals surface area contributed by atoms with E-state index in [-0.39, 0.29) is 16.9 Å². The zero-order valence-corrected chi connectivity index (χ0v) is 38.0. The molecule has 3 unspecified atom stereocenters. The van der Waals surface area contributed by atoms with Crippen LogP contribution in [-0.2, 0) is 6.42 Å². The molecule has 0 aromatic heterocycles. The third kappa shape index (κ3) is 14.7. The summed E-state index contributed by atoms with van der Waals surface area (Å²) in [5.41, 5.74) is 10.5. The first kappa shape index (κ1) is 47.3. The molecule has 57 heavy (non-hydrogen) atoms. The highest BCUT2D eigenvalue weighted by Crippen LogP contribution is 2.47. The van der Waals surface area contributed by atoms with Gasteiger partial charge in [0.25, 0.3) is 0 Å². The van der Waals surface area contributed by atoms with E-state index in [0.717, 1.165) is 92.4 Å². The Morgan fingerprint density at radius 3 is 2.02 bits per heavy atom. The van der Waals surface area contributed by atoms with Crippen LogP contribution in [-0.4, -0.2) is 79.5 Å². The Balaban J connectivity index is 1.45. The molecule has 0 radical (unpaired) electrons. The third-order valence-electron chi connectivity index (χ3n) is 12.6. The molecule has 0 amide bonds. The summed E-state index contributed by atoms with van der Waals surface area (Å²) in [5, 5.41) is 7.18. The number of hydrogen-bond acceptors (Lipinski definition) is 6. The van der Waals surface area contributed by atoms with E-state index in [2.05, 4.69) is 176 Å². The summed E-state index contributed by atoms with van der Waals surface area (Å²) in [6, 6.07) is 10.6. The van der Waals surface area contributed by atoms with Crippen LogP contribution in [0.25, 0.3) is 0 Å². The number of likely N-dealkylation sites (tertiary alicyclic amines) is 1. The van der Waals surface area contributed by atoms with Crippen LogP contribution in [0.4, 0.5) is 0 Å². The predicted molar refractivity (Wildman–Crippen MR) is 249 cm³/mol. The average molecular weight is 779 g/mol. The van der Waals surface area contributed by atoms with Crippen LogP contribution in [0.5, 0.6) is 0 Å². The molecule has 1 heterocycles. The normalized spacial score (nSPS) is 16.8. The fourth-order valence-electron chi connectivity index (χ4n) is 7.99. The summed E-state index contributed by atoms with van der Waals surface area (Å²) in [6.45, 7) is 53.2. The molecule has 1 aliphatic heterocycles. The molecule has 1 saturated heterocycles. The maximum Gasteiger partial charge on any atom is 0.0716 e. The maximum absolute atomic E-state index is 4.54. The average Bonchev–Trinajstić information content (AvgIpc) is 3.94. The van der Waals surface area contributed by atoms with E-state index < -0.39 is 0 Å². The highest BCUT2D eigenvalue weighted by atomic mass is 15.2. The Morgan fingerprint density at radius 2 is 1.44 bits per heavy atom. The molecule has 0 bridgehead atoms. The maximum atomic E-state index is 4.54. The predicted octanol–water partition coefficient (Wildman–Crippen LogP) is 11.1. The lowest BCUT2D eigenvalue weighted by Gasteiger charge is -2.35. The topological polar surface area (TPSA) is 37.0 Å². The lowest BCUT2D eigenvalue weighted by Crippen LogP contribution is -2.42. The van der Waals surface area contributed by atoms with Crippen molar-refractivity contribution >= 4 is 0 Å². The quantitative estimate of drug-likeness (QED) is 0.0721. The van der Waals surface area contributed by atoms with Crippen molar-refractivity contribution in [1.29, 1.82) is 0 Å². The van der Waals surface area contributed by atoms with Crippen molar-refractivity contribution in [3.8, 4) is 0 Å². The van der Waals surface area contributed by atoms with Gasteiger partial charge in [-0.3, -0.25) is 0 Å². The zero-order chi connectivity index (χ0) is 42.7. The van der Waals surface area contributed by atoms with Gasteiger partial charge in [-0.15, -0.1) is 0 Å². The van der Waals surface area contributed by atoms with Gasteiger partial charge in [0.15, 0.2) is 0 Å². The summed E-state index contributed by atoms with van der Waals surface area (Å²) in [7, 11) is 6.37. The second-order valence-electron chi connectivity index (χ2n) is 19.3. The molecule has 316 valence electrons. The number of likely N-dealkylation sites (N-methyl/N-ethyl adjacent to an activating group) is 3. The fourth-order valence-corrected chi connectivity index (χ4v) is 7.99. The standard InChI is InChI=1S/C51H82N6/c1-37(36-55(16)38(2)24-20-19-23-30-57-39(3)32-48(44(57)8)51(12,13)14)52-35-41(5)56(17)49(33-45-25-21-18-22-26-45)43(7)53-34-40(4)54(15)31-29-47(46-27-28-46)42(6)50(9,10)11/h18,21-22,25-26,46-49,52-53H,1-8,19-20,23-24,27-36H2,9-17H3. The molecule has 1 saturated carbocycles. The zero-order valence-electron chi connectivity index (χ0n) is 38.0. The molecule has 3 atom stereocenters. The summed E-state index contributed by atoms with van der Waals surface area (Å²) in [4.78, 5) is 9.11. The van der Waals surface area contributed by atoms with Crippen LogP contribution in [0.2, 0.25) is 0 Å². The SMILES string of the molecule is C=C(CN(C)C(=C)CCCCCN1C(=C)CC(C(C)(C)C)C1=C)NCC(=C)N(C)C(Cc1ccccc1)C(=C)NCC(=C)N(C)CCC(C(=C)C(C)(C)C)C1CC1. The molecule has 1 aliphatic carbocycles. The van der Waals surface area contributed by atoms with Crippen LogP contribution in [0.3, 0.4) is 0 Å². The number of benzene rings is 1. The van der Waals surface area contributed by atoms with Gasteiger partial charge in [-0.1, -0.05) is 136 Å². The first-order valence-corrected chi connectivity index (χ1v) is 21.5. The van der Waals surface area contributed by atoms with E-state index in [9.17, 15) is 0 Å². The van der Waals surface area contributed by atoms with E-state index in [1.165, 1.54) is 35.4 Å². The van der Waals surface area contributed by atoms with Crippen molar-refractivity contribution in [3.63, 3.8) is 0 Å². The second kappa shape index (κ2) is 21.1. The molecule has 0 spiro atoms. The highest BCUT2D eigenvalue weighted by molar-refractivity contribution is 5.23. The molecule has 2 N–H and O–H groups in total. The largest absolute Gasteiger partial charge is 0.382 e. The van der Waals surface area contributed by atoms with Gasteiger partial charge >= 0.3 is 0 Å². The van der Waals surface area contributed by atoms with Crippen molar-refractivity contribution < 1.29 is 0 Å². The molecule has 6 heteroatoms. The van der Waals surface area contributed by atoms with E-state index in [1.807, 2.05) is 0 Å². The summed E-state index contributed by atoms with van der Waals surface area (Å²) < 4.78 is 0. The van der Waals surface area contributed by atoms with Crippen LogP contribution in [0.15, 0.2) is 128 Å². The molecule has 6 nitrogen and oxygen atoms in total. The van der Waals surface area contributed by atoms with E-state index in [4.69, 9.17) is 0 Å². The number of hydrogen-bond donors (Lipinski definition) is 2. The number of nitrogens with one attached hydrogen (secondary N) is 2. The molecule has 1 aromatic carbocycles. The van der Waals surface area contributed by atoms with Crippen LogP contribution >= 0.6 is 0 Å². The lowest BCUT2D eigenvalue weighted by atomic mass is 9.76. The summed E-state index contributed by atoms with van der Waals surface area (Å²) in [6.07, 6.45) is 9.97. The smallest absolute Gasteiger partial charge is 0.0716 e. The molecule has 2 aliphatic rings. The van der Waals surface area contributed by atoms with Crippen molar-refractivity contribution in [1.82, 2.24) is 30.2 Å². The first-order valence-electron chi connectivity index (χ1n) is 21.5. The van der Waals surface area contributed by atoms with Gasteiger partial charge in [0, 0.05) is 80.0 Å². The summed E-state index contributed by atoms with van der Waals surface area (Å²) >= 11 is 0. The number of rotatable bonds is 26. The van der Waals surface area contributed by atoms with Crippen LogP contribution < -0.4 is 10.6 Å². The Labute approximate surface area is 350 Å². The Hall–Kier alpha value is -4.06. The highest BCUT2D eigenvalue weighted by Gasteiger charge is 2.37. The van der Waals surface area contributed by atoms with Crippen LogP contribution in [0.1, 0.15) is 98.5 Å². The molecular weight excluding hydrogens is 697 g/mol. The number of unbranched alkanes of at least 4 members (excludes halogenated alkanes) is 2. The molecule has 3 rings (SSSR count). The van der Waals surface area contributed by atoms with Gasteiger partial charge in [0.05, 0.1) is 25.7 Å². The minimum absolute atomic E-state index is 0.00593. The van der Waals surface area contributed by atoms with Gasteiger partial charge < -0.3 is 30.2 Å². The van der Waals surface area contributed by atoms with E-state index in [1.54, 1.807) is 0 Å². The van der Waals surface area contributed by atoms with Gasteiger partial charge in [0.2, 0.25) is 0 Å². The molecule has 1 aromatic rings. The summed E-state index contributed by atoms with van der Waals surface area (Å²) in [5.74, 6) is 1.85. The van der Waals surface area contributed by atoms with Gasteiger partial charge in [-0.25, -0.2) is 0 Å². The Morgan fingerprint density at radius 1 is 0.807 bits per heavy atom.